The lowest BCUT2D eigenvalue weighted by Gasteiger charge is -2.26. The van der Waals surface area contributed by atoms with E-state index in [1.807, 2.05) is 0 Å². The summed E-state index contributed by atoms with van der Waals surface area (Å²) < 4.78 is 0. The summed E-state index contributed by atoms with van der Waals surface area (Å²) in [6.07, 6.45) is -1.41. The Morgan fingerprint density at radius 1 is 0.897 bits per heavy atom. The van der Waals surface area contributed by atoms with Crippen LogP contribution in [0.4, 0.5) is 0 Å². The molecule has 216 valence electrons. The maximum Gasteiger partial charge on any atom is 0.326 e. The van der Waals surface area contributed by atoms with E-state index in [2.05, 4.69) is 20.9 Å². The van der Waals surface area contributed by atoms with E-state index in [1.165, 1.54) is 6.92 Å². The van der Waals surface area contributed by atoms with E-state index in [0.29, 0.717) is 12.0 Å². The van der Waals surface area contributed by atoms with Crippen LogP contribution in [0.3, 0.4) is 0 Å². The third kappa shape index (κ3) is 12.7. The van der Waals surface area contributed by atoms with Gasteiger partial charge < -0.3 is 49.1 Å². The van der Waals surface area contributed by atoms with E-state index < -0.39 is 59.9 Å². The van der Waals surface area contributed by atoms with Gasteiger partial charge in [0.25, 0.3) is 0 Å². The highest BCUT2D eigenvalue weighted by Crippen LogP contribution is 2.06. The summed E-state index contributed by atoms with van der Waals surface area (Å²) >= 11 is 0. The molecule has 0 spiro atoms. The Labute approximate surface area is 225 Å². The maximum atomic E-state index is 13.0. The minimum absolute atomic E-state index is 0.0409. The van der Waals surface area contributed by atoms with Gasteiger partial charge in [0.15, 0.2) is 5.96 Å². The summed E-state index contributed by atoms with van der Waals surface area (Å²) in [7, 11) is 0. The first-order valence-electron chi connectivity index (χ1n) is 12.3. The molecule has 5 atom stereocenters. The minimum atomic E-state index is -1.57. The van der Waals surface area contributed by atoms with Gasteiger partial charge in [-0.15, -0.1) is 0 Å². The molecule has 0 aromatic heterocycles. The summed E-state index contributed by atoms with van der Waals surface area (Å²) in [5, 5.41) is 26.8. The number of carboxylic acid groups (broad SMARTS) is 1. The fourth-order valence-corrected chi connectivity index (χ4v) is 3.46. The van der Waals surface area contributed by atoms with Gasteiger partial charge in [0.05, 0.1) is 12.1 Å². The van der Waals surface area contributed by atoms with Crippen molar-refractivity contribution in [1.82, 2.24) is 16.0 Å². The number of carbonyl (C=O) groups is 5. The van der Waals surface area contributed by atoms with Crippen molar-refractivity contribution in [1.29, 1.82) is 0 Å². The molecule has 0 aliphatic carbocycles. The van der Waals surface area contributed by atoms with Gasteiger partial charge in [-0.2, -0.15) is 0 Å². The number of nitrogens with zero attached hydrogens (tertiary/aromatic N) is 1. The molecule has 0 aliphatic rings. The van der Waals surface area contributed by atoms with Crippen molar-refractivity contribution in [2.24, 2.45) is 27.9 Å². The Balaban J connectivity index is 2.93. The lowest BCUT2D eigenvalue weighted by molar-refractivity contribution is -0.143. The number of amides is 4. The van der Waals surface area contributed by atoms with Crippen molar-refractivity contribution < 1.29 is 34.2 Å². The van der Waals surface area contributed by atoms with E-state index >= 15 is 0 Å². The molecule has 0 heterocycles. The number of nitrogens with one attached hydrogen (secondary N) is 3. The SMILES string of the molecule is CC(O)C(NC(=O)C(CCC(N)=O)NC(=O)C(N)CCCN=C(N)N)C(=O)NC(Cc1ccccc1)C(=O)O. The Hall–Kier alpha value is -4.24. The number of aliphatic carboxylic acids is 1. The summed E-state index contributed by atoms with van der Waals surface area (Å²) in [6.45, 7) is 1.46. The van der Waals surface area contributed by atoms with Crippen molar-refractivity contribution in [3.63, 3.8) is 0 Å². The quantitative estimate of drug-likeness (QED) is 0.0531. The van der Waals surface area contributed by atoms with Gasteiger partial charge in [-0.25, -0.2) is 4.79 Å². The third-order valence-electron chi connectivity index (χ3n) is 5.58. The highest BCUT2D eigenvalue weighted by molar-refractivity contribution is 5.94. The number of rotatable bonds is 17. The normalized spacial score (nSPS) is 14.5. The molecule has 4 amide bonds. The highest BCUT2D eigenvalue weighted by Gasteiger charge is 2.33. The summed E-state index contributed by atoms with van der Waals surface area (Å²) in [6, 6.07) is 3.27. The molecule has 15 heteroatoms. The van der Waals surface area contributed by atoms with Gasteiger partial charge in [0, 0.05) is 19.4 Å². The molecule has 0 bridgehead atoms. The van der Waals surface area contributed by atoms with Crippen LogP contribution < -0.4 is 38.9 Å². The molecule has 0 saturated heterocycles. The summed E-state index contributed by atoms with van der Waals surface area (Å²) in [4.78, 5) is 65.3. The number of aliphatic hydroxyl groups is 1. The monoisotopic (exact) mass is 550 g/mol. The average molecular weight is 551 g/mol. The Bertz CT molecular complexity index is 1010. The van der Waals surface area contributed by atoms with E-state index in [9.17, 15) is 34.2 Å². The first-order valence-corrected chi connectivity index (χ1v) is 12.3. The molecule has 0 fully saturated rings. The van der Waals surface area contributed by atoms with Crippen LogP contribution in [0.15, 0.2) is 35.3 Å². The number of aliphatic imine (C=N–C) groups is 1. The van der Waals surface area contributed by atoms with Gasteiger partial charge in [-0.05, 0) is 31.7 Å². The number of guanidine groups is 1. The van der Waals surface area contributed by atoms with E-state index in [-0.39, 0.29) is 38.2 Å². The molecule has 0 aliphatic heterocycles. The van der Waals surface area contributed by atoms with E-state index in [4.69, 9.17) is 22.9 Å². The van der Waals surface area contributed by atoms with Crippen LogP contribution >= 0.6 is 0 Å². The number of hydrogen-bond donors (Lipinski definition) is 9. The Morgan fingerprint density at radius 3 is 2.05 bits per heavy atom. The van der Waals surface area contributed by atoms with Crippen molar-refractivity contribution in [3.05, 3.63) is 35.9 Å². The van der Waals surface area contributed by atoms with Crippen LogP contribution in [-0.2, 0) is 30.4 Å². The van der Waals surface area contributed by atoms with E-state index in [0.717, 1.165) is 0 Å². The van der Waals surface area contributed by atoms with Crippen molar-refractivity contribution >= 4 is 35.6 Å². The topological polar surface area (TPSA) is 278 Å². The molecule has 0 radical (unpaired) electrons. The standard InChI is InChI=1S/C24H38N8O7/c1-13(33)19(22(37)31-17(23(38)39)12-14-6-3-2-4-7-14)32-21(36)16(9-10-18(26)34)30-20(35)15(25)8-5-11-29-24(27)28/h2-4,6-7,13,15-17,19,33H,5,8-12,25H2,1H3,(H2,26,34)(H,30,35)(H,31,37)(H,32,36)(H,38,39)(H4,27,28,29). The molecule has 1 rings (SSSR count). The molecule has 0 saturated carbocycles. The second kappa shape index (κ2) is 16.6. The molecule has 1 aromatic carbocycles. The van der Waals surface area contributed by atoms with Crippen molar-refractivity contribution in [2.75, 3.05) is 6.54 Å². The van der Waals surface area contributed by atoms with Gasteiger partial charge in [-0.1, -0.05) is 30.3 Å². The molecular weight excluding hydrogens is 512 g/mol. The number of carbonyl (C=O) groups excluding carboxylic acids is 4. The zero-order chi connectivity index (χ0) is 29.5. The largest absolute Gasteiger partial charge is 0.480 e. The predicted molar refractivity (Wildman–Crippen MR) is 142 cm³/mol. The Morgan fingerprint density at radius 2 is 1.51 bits per heavy atom. The number of nitrogens with two attached hydrogens (primary N) is 4. The fourth-order valence-electron chi connectivity index (χ4n) is 3.46. The zero-order valence-corrected chi connectivity index (χ0v) is 21.7. The predicted octanol–water partition coefficient (Wildman–Crippen LogP) is -3.20. The first kappa shape index (κ1) is 32.8. The Kier molecular flexibility index (Phi) is 13.9. The van der Waals surface area contributed by atoms with Crippen LogP contribution in [0.5, 0.6) is 0 Å². The van der Waals surface area contributed by atoms with Crippen LogP contribution in [0, 0.1) is 0 Å². The minimum Gasteiger partial charge on any atom is -0.480 e. The van der Waals surface area contributed by atoms with Crippen LogP contribution in [0.25, 0.3) is 0 Å². The molecular formula is C24H38N8O7. The number of aliphatic hydroxyl groups excluding tert-OH is 1. The lowest BCUT2D eigenvalue weighted by Crippen LogP contribution is -2.60. The van der Waals surface area contributed by atoms with Gasteiger partial charge in [0.2, 0.25) is 23.6 Å². The lowest BCUT2D eigenvalue weighted by atomic mass is 10.0. The molecule has 13 N–H and O–H groups in total. The number of carboxylic acids is 1. The van der Waals surface area contributed by atoms with Crippen LogP contribution in [-0.4, -0.2) is 82.6 Å². The van der Waals surface area contributed by atoms with Gasteiger partial charge in [-0.3, -0.25) is 24.2 Å². The highest BCUT2D eigenvalue weighted by atomic mass is 16.4. The second-order valence-electron chi connectivity index (χ2n) is 8.94. The smallest absolute Gasteiger partial charge is 0.326 e. The van der Waals surface area contributed by atoms with Gasteiger partial charge >= 0.3 is 5.97 Å². The average Bonchev–Trinajstić information content (AvgIpc) is 2.86. The molecule has 5 unspecified atom stereocenters. The fraction of sp³-hybridized carbons (Fsp3) is 0.500. The van der Waals surface area contributed by atoms with Crippen LogP contribution in [0.1, 0.15) is 38.2 Å². The van der Waals surface area contributed by atoms with Crippen molar-refractivity contribution in [3.8, 4) is 0 Å². The van der Waals surface area contributed by atoms with Gasteiger partial charge in [0.1, 0.15) is 18.1 Å². The number of benzene rings is 1. The molecule has 39 heavy (non-hydrogen) atoms. The maximum absolute atomic E-state index is 13.0. The zero-order valence-electron chi connectivity index (χ0n) is 21.7. The molecule has 15 nitrogen and oxygen atoms in total. The van der Waals surface area contributed by atoms with Crippen molar-refractivity contribution in [2.45, 2.75) is 69.3 Å². The van der Waals surface area contributed by atoms with E-state index in [1.54, 1.807) is 30.3 Å². The number of hydrogen-bond acceptors (Lipinski definition) is 8. The summed E-state index contributed by atoms with van der Waals surface area (Å²) in [5.41, 5.74) is 22.2. The van der Waals surface area contributed by atoms with Crippen LogP contribution in [0.2, 0.25) is 0 Å². The second-order valence-corrected chi connectivity index (χ2v) is 8.94. The number of primary amides is 1. The summed E-state index contributed by atoms with van der Waals surface area (Å²) in [5.74, 6) is -4.74. The molecule has 1 aromatic rings. The first-order chi connectivity index (χ1) is 18.3. The third-order valence-corrected chi connectivity index (χ3v) is 5.58.